The molecule has 0 saturated carbocycles. The van der Waals surface area contributed by atoms with Gasteiger partial charge in [-0.25, -0.2) is 22.4 Å². The first-order valence-corrected chi connectivity index (χ1v) is 11.9. The number of fused-ring (bicyclic) bond motifs is 2. The van der Waals surface area contributed by atoms with Gasteiger partial charge in [-0.3, -0.25) is 4.79 Å². The van der Waals surface area contributed by atoms with Gasteiger partial charge in [-0.1, -0.05) is 57.2 Å². The van der Waals surface area contributed by atoms with Crippen LogP contribution in [0.2, 0.25) is 0 Å². The Labute approximate surface area is 191 Å². The molecule has 33 heavy (non-hydrogen) atoms. The Morgan fingerprint density at radius 1 is 1.00 bits per heavy atom. The van der Waals surface area contributed by atoms with E-state index in [2.05, 4.69) is 9.97 Å². The van der Waals surface area contributed by atoms with Gasteiger partial charge in [0.2, 0.25) is 0 Å². The third kappa shape index (κ3) is 3.43. The minimum absolute atomic E-state index is 0.0470. The highest BCUT2D eigenvalue weighted by molar-refractivity contribution is 7.90. The lowest BCUT2D eigenvalue weighted by atomic mass is 9.87. The van der Waals surface area contributed by atoms with E-state index in [0.29, 0.717) is 33.5 Å². The molecule has 0 aliphatic heterocycles. The number of benzene rings is 2. The monoisotopic (exact) mass is 458 g/mol. The molecule has 3 aromatic heterocycles. The fraction of sp³-hybridized carbons (Fsp3) is 0.160. The van der Waals surface area contributed by atoms with Crippen LogP contribution in [0.15, 0.2) is 78.1 Å². The summed E-state index contributed by atoms with van der Waals surface area (Å²) in [7, 11) is -3.82. The summed E-state index contributed by atoms with van der Waals surface area (Å²) in [6, 6.07) is 15.6. The first-order chi connectivity index (χ1) is 15.7. The third-order valence-electron chi connectivity index (χ3n) is 5.56. The largest absolute Gasteiger partial charge is 0.344 e. The molecule has 5 aromatic rings. The maximum atomic E-state index is 13.4. The maximum absolute atomic E-state index is 13.4. The van der Waals surface area contributed by atoms with E-state index in [1.807, 2.05) is 32.9 Å². The first-order valence-electron chi connectivity index (χ1n) is 10.5. The van der Waals surface area contributed by atoms with Gasteiger partial charge in [-0.05, 0) is 18.2 Å². The Balaban J connectivity index is 1.73. The highest BCUT2D eigenvalue weighted by Crippen LogP contribution is 2.33. The number of carbonyl (C=O) groups is 1. The molecule has 7 nitrogen and oxygen atoms in total. The van der Waals surface area contributed by atoms with Crippen LogP contribution in [0, 0.1) is 5.41 Å². The summed E-state index contributed by atoms with van der Waals surface area (Å²) in [6.45, 7) is 5.56. The lowest BCUT2D eigenvalue weighted by Crippen LogP contribution is -2.20. The molecule has 0 unspecified atom stereocenters. The number of para-hydroxylation sites is 1. The van der Waals surface area contributed by atoms with Crippen molar-refractivity contribution in [1.29, 1.82) is 0 Å². The van der Waals surface area contributed by atoms with Gasteiger partial charge >= 0.3 is 0 Å². The van der Waals surface area contributed by atoms with Crippen LogP contribution >= 0.6 is 0 Å². The van der Waals surface area contributed by atoms with Crippen LogP contribution in [0.1, 0.15) is 31.1 Å². The molecule has 0 fully saturated rings. The Morgan fingerprint density at radius 2 is 1.70 bits per heavy atom. The smallest absolute Gasteiger partial charge is 0.268 e. The molecule has 5 rings (SSSR count). The number of aromatic nitrogens is 4. The predicted molar refractivity (Wildman–Crippen MR) is 128 cm³/mol. The fourth-order valence-corrected chi connectivity index (χ4v) is 5.25. The molecular formula is C25H22N4O3S. The quantitative estimate of drug-likeness (QED) is 0.380. The van der Waals surface area contributed by atoms with E-state index in [1.165, 1.54) is 3.97 Å². The zero-order valence-electron chi connectivity index (χ0n) is 18.4. The number of Topliss-reactive ketones (excluding diaryl/α,β-unsaturated/α-hetero) is 1. The second-order valence-corrected chi connectivity index (χ2v) is 10.7. The molecule has 0 spiro atoms. The molecule has 0 radical (unpaired) electrons. The molecule has 1 N–H and O–H groups in total. The van der Waals surface area contributed by atoms with Gasteiger partial charge in [0.25, 0.3) is 10.0 Å². The van der Waals surface area contributed by atoms with E-state index < -0.39 is 15.4 Å². The van der Waals surface area contributed by atoms with Crippen LogP contribution in [-0.2, 0) is 10.0 Å². The zero-order valence-corrected chi connectivity index (χ0v) is 19.2. The zero-order chi connectivity index (χ0) is 23.4. The summed E-state index contributed by atoms with van der Waals surface area (Å²) in [4.78, 5) is 25.3. The average molecular weight is 459 g/mol. The number of nitrogens with zero attached hydrogens (tertiary/aromatic N) is 3. The number of H-pyrrole nitrogens is 1. The fourth-order valence-electron chi connectivity index (χ4n) is 3.86. The predicted octanol–water partition coefficient (Wildman–Crippen LogP) is 5.05. The van der Waals surface area contributed by atoms with E-state index in [1.54, 1.807) is 61.1 Å². The van der Waals surface area contributed by atoms with Gasteiger partial charge in [0.05, 0.1) is 27.9 Å². The summed E-state index contributed by atoms with van der Waals surface area (Å²) >= 11 is 0. The molecule has 0 aliphatic rings. The van der Waals surface area contributed by atoms with E-state index in [9.17, 15) is 13.2 Å². The van der Waals surface area contributed by atoms with Gasteiger partial charge in [0, 0.05) is 28.8 Å². The minimum Gasteiger partial charge on any atom is -0.344 e. The van der Waals surface area contributed by atoms with Gasteiger partial charge in [-0.2, -0.15) is 0 Å². The van der Waals surface area contributed by atoms with E-state index in [-0.39, 0.29) is 10.7 Å². The van der Waals surface area contributed by atoms with Gasteiger partial charge in [0.15, 0.2) is 11.4 Å². The summed E-state index contributed by atoms with van der Waals surface area (Å²) in [5, 5.41) is 0.727. The van der Waals surface area contributed by atoms with Crippen molar-refractivity contribution in [3.05, 3.63) is 78.8 Å². The van der Waals surface area contributed by atoms with Crippen molar-refractivity contribution in [3.8, 4) is 11.3 Å². The second kappa shape index (κ2) is 7.38. The van der Waals surface area contributed by atoms with Crippen LogP contribution in [0.25, 0.3) is 33.3 Å². The van der Waals surface area contributed by atoms with Crippen LogP contribution in [0.3, 0.4) is 0 Å². The molecular weight excluding hydrogens is 436 g/mol. The minimum atomic E-state index is -3.82. The van der Waals surface area contributed by atoms with E-state index in [0.717, 1.165) is 5.39 Å². The SMILES string of the molecule is CC(C)(C)C(=O)c1c[nH]c2ncc(-c3cn(S(=O)(=O)c4ccccc4)c4ccccc34)nc12. The van der Waals surface area contributed by atoms with Crippen molar-refractivity contribution >= 4 is 37.9 Å². The lowest BCUT2D eigenvalue weighted by Gasteiger charge is -2.15. The lowest BCUT2D eigenvalue weighted by molar-refractivity contribution is 0.0860. The normalized spacial score (nSPS) is 12.5. The summed E-state index contributed by atoms with van der Waals surface area (Å²) in [5.41, 5.74) is 2.51. The molecule has 0 atom stereocenters. The van der Waals surface area contributed by atoms with Crippen LogP contribution in [-0.4, -0.2) is 33.1 Å². The van der Waals surface area contributed by atoms with Gasteiger partial charge < -0.3 is 4.98 Å². The number of ketones is 1. The highest BCUT2D eigenvalue weighted by atomic mass is 32.2. The Hall–Kier alpha value is -3.78. The van der Waals surface area contributed by atoms with Gasteiger partial charge in [0.1, 0.15) is 5.52 Å². The van der Waals surface area contributed by atoms with Crippen LogP contribution in [0.4, 0.5) is 0 Å². The maximum Gasteiger partial charge on any atom is 0.268 e. The number of carbonyl (C=O) groups excluding carboxylic acids is 1. The highest BCUT2D eigenvalue weighted by Gasteiger charge is 2.27. The standard InChI is InChI=1S/C25H22N4O3S/c1-25(2,3)23(30)18-13-26-24-22(18)28-20(14-27-24)19-15-29(21-12-8-7-11-17(19)21)33(31,32)16-9-5-4-6-10-16/h4-15H,1-3H3,(H,26,27). The molecule has 8 heteroatoms. The van der Waals surface area contributed by atoms with Crippen molar-refractivity contribution in [3.63, 3.8) is 0 Å². The van der Waals surface area contributed by atoms with Crippen molar-refractivity contribution in [1.82, 2.24) is 18.9 Å². The number of hydrogen-bond acceptors (Lipinski definition) is 5. The summed E-state index contributed by atoms with van der Waals surface area (Å²) < 4.78 is 28.1. The molecule has 3 heterocycles. The Morgan fingerprint density at radius 3 is 2.42 bits per heavy atom. The third-order valence-corrected chi connectivity index (χ3v) is 7.25. The number of hydrogen-bond donors (Lipinski definition) is 1. The van der Waals surface area contributed by atoms with Crippen LogP contribution in [0.5, 0.6) is 0 Å². The first kappa shape index (κ1) is 21.1. The molecule has 0 saturated heterocycles. The topological polar surface area (TPSA) is 97.7 Å². The van der Waals surface area contributed by atoms with Crippen LogP contribution < -0.4 is 0 Å². The summed E-state index contributed by atoms with van der Waals surface area (Å²) in [6.07, 6.45) is 4.79. The number of rotatable bonds is 4. The van der Waals surface area contributed by atoms with E-state index >= 15 is 0 Å². The van der Waals surface area contributed by atoms with Crippen molar-refractivity contribution in [2.75, 3.05) is 0 Å². The number of nitrogens with one attached hydrogen (secondary N) is 1. The Kier molecular flexibility index (Phi) is 4.72. The van der Waals surface area contributed by atoms with Crippen molar-refractivity contribution < 1.29 is 13.2 Å². The molecule has 2 aromatic carbocycles. The molecule has 0 bridgehead atoms. The Bertz CT molecular complexity index is 1630. The van der Waals surface area contributed by atoms with Gasteiger partial charge in [-0.15, -0.1) is 0 Å². The van der Waals surface area contributed by atoms with Crippen molar-refractivity contribution in [2.45, 2.75) is 25.7 Å². The van der Waals surface area contributed by atoms with E-state index in [4.69, 9.17) is 4.98 Å². The second-order valence-electron chi connectivity index (χ2n) is 8.91. The molecule has 0 amide bonds. The van der Waals surface area contributed by atoms with Crippen molar-refractivity contribution in [2.24, 2.45) is 5.41 Å². The molecule has 0 aliphatic carbocycles. The number of aromatic amines is 1. The average Bonchev–Trinajstić information content (AvgIpc) is 3.40. The molecule has 166 valence electrons. The summed E-state index contributed by atoms with van der Waals surface area (Å²) in [5.74, 6) is -0.0470.